The molecule has 2 rings (SSSR count). The predicted octanol–water partition coefficient (Wildman–Crippen LogP) is 3.36. The zero-order valence-electron chi connectivity index (χ0n) is 10.4. The molecule has 1 aromatic carbocycles. The topological polar surface area (TPSA) is 37.3 Å². The molecule has 1 aliphatic rings. The Hall–Kier alpha value is -2.09. The van der Waals surface area contributed by atoms with Crippen molar-refractivity contribution in [3.8, 4) is 5.75 Å². The van der Waals surface area contributed by atoms with Crippen LogP contribution in [-0.4, -0.2) is 10.9 Å². The predicted molar refractivity (Wildman–Crippen MR) is 72.9 cm³/mol. The number of carbonyl (C=O) groups excluding carboxylic acids is 1. The van der Waals surface area contributed by atoms with Crippen LogP contribution >= 0.6 is 0 Å². The first-order valence-corrected chi connectivity index (χ1v) is 6.06. The van der Waals surface area contributed by atoms with Crippen molar-refractivity contribution in [1.82, 2.24) is 0 Å². The van der Waals surface area contributed by atoms with Crippen LogP contribution in [0.5, 0.6) is 5.75 Å². The lowest BCUT2D eigenvalue weighted by Crippen LogP contribution is -2.03. The van der Waals surface area contributed by atoms with Crippen LogP contribution in [-0.2, 0) is 12.8 Å². The summed E-state index contributed by atoms with van der Waals surface area (Å²) in [5.74, 6) is -0.0325. The number of hydrogen-bond donors (Lipinski definition) is 1. The Morgan fingerprint density at radius 1 is 1.22 bits per heavy atom. The molecule has 0 atom stereocenters. The molecular formula is C16H16O2. The molecule has 0 amide bonds. The lowest BCUT2D eigenvalue weighted by atomic mass is 9.92. The average Bonchev–Trinajstić information content (AvgIpc) is 2.39. The van der Waals surface area contributed by atoms with Crippen LogP contribution in [0.3, 0.4) is 0 Å². The number of phenolic OH excluding ortho intramolecular Hbond substituents is 1. The van der Waals surface area contributed by atoms with Gasteiger partial charge in [0.15, 0.2) is 5.78 Å². The molecule has 0 aliphatic heterocycles. The maximum absolute atomic E-state index is 11.9. The number of aromatic hydroxyl groups is 1. The summed E-state index contributed by atoms with van der Waals surface area (Å²) < 4.78 is 0. The van der Waals surface area contributed by atoms with E-state index in [1.165, 1.54) is 6.08 Å². The highest BCUT2D eigenvalue weighted by Gasteiger charge is 2.16. The van der Waals surface area contributed by atoms with E-state index < -0.39 is 0 Å². The number of rotatable bonds is 3. The lowest BCUT2D eigenvalue weighted by molar-refractivity contribution is 0.104. The number of allylic oxidation sites excluding steroid dienone is 6. The maximum atomic E-state index is 11.9. The summed E-state index contributed by atoms with van der Waals surface area (Å²) in [6.45, 7) is 1.89. The van der Waals surface area contributed by atoms with E-state index in [-0.39, 0.29) is 11.5 Å². The molecule has 1 aliphatic carbocycles. The molecule has 0 unspecified atom stereocenters. The summed E-state index contributed by atoms with van der Waals surface area (Å²) in [4.78, 5) is 11.9. The fourth-order valence-electron chi connectivity index (χ4n) is 2.05. The van der Waals surface area contributed by atoms with Gasteiger partial charge in [-0.25, -0.2) is 0 Å². The SMILES string of the molecule is C/C=C/C=C/C(=O)c1ccc2c(c1O)CC=CC2. The zero-order valence-corrected chi connectivity index (χ0v) is 10.4. The summed E-state index contributed by atoms with van der Waals surface area (Å²) in [5.41, 5.74) is 2.36. The van der Waals surface area contributed by atoms with Gasteiger partial charge in [0.25, 0.3) is 0 Å². The van der Waals surface area contributed by atoms with E-state index in [1.54, 1.807) is 18.2 Å². The highest BCUT2D eigenvalue weighted by molar-refractivity contribution is 6.07. The molecule has 0 saturated heterocycles. The van der Waals surface area contributed by atoms with Crippen LogP contribution in [0.4, 0.5) is 0 Å². The molecule has 0 radical (unpaired) electrons. The normalized spacial score (nSPS) is 14.3. The molecule has 0 bridgehead atoms. The third-order valence-electron chi connectivity index (χ3n) is 3.02. The van der Waals surface area contributed by atoms with Crippen molar-refractivity contribution in [3.05, 3.63) is 65.3 Å². The summed E-state index contributed by atoms with van der Waals surface area (Å²) in [7, 11) is 0. The minimum atomic E-state index is -0.164. The summed E-state index contributed by atoms with van der Waals surface area (Å²) in [6.07, 6.45) is 12.4. The van der Waals surface area contributed by atoms with Crippen LogP contribution in [0, 0.1) is 0 Å². The quantitative estimate of drug-likeness (QED) is 0.381. The van der Waals surface area contributed by atoms with E-state index in [1.807, 2.05) is 25.1 Å². The Morgan fingerprint density at radius 3 is 2.78 bits per heavy atom. The van der Waals surface area contributed by atoms with Crippen molar-refractivity contribution >= 4 is 5.78 Å². The fraction of sp³-hybridized carbons (Fsp3) is 0.188. The maximum Gasteiger partial charge on any atom is 0.189 e. The second-order valence-electron chi connectivity index (χ2n) is 4.23. The Balaban J connectivity index is 2.33. The number of phenols is 1. The first-order chi connectivity index (χ1) is 8.74. The lowest BCUT2D eigenvalue weighted by Gasteiger charge is -2.14. The largest absolute Gasteiger partial charge is 0.507 e. The molecule has 18 heavy (non-hydrogen) atoms. The summed E-state index contributed by atoms with van der Waals surface area (Å²) >= 11 is 0. The standard InChI is InChI=1S/C16H16O2/c1-2-3-4-9-15(17)14-11-10-12-7-5-6-8-13(12)16(14)18/h2-6,9-11,18H,7-8H2,1H3/b3-2+,9-4+. The highest BCUT2D eigenvalue weighted by atomic mass is 16.3. The van der Waals surface area contributed by atoms with E-state index in [4.69, 9.17) is 0 Å². The van der Waals surface area contributed by atoms with E-state index in [2.05, 4.69) is 6.08 Å². The van der Waals surface area contributed by atoms with Crippen molar-refractivity contribution < 1.29 is 9.90 Å². The fourth-order valence-corrected chi connectivity index (χ4v) is 2.05. The van der Waals surface area contributed by atoms with Crippen molar-refractivity contribution in [2.24, 2.45) is 0 Å². The molecule has 92 valence electrons. The molecule has 0 spiro atoms. The zero-order chi connectivity index (χ0) is 13.0. The number of ketones is 1. The molecule has 1 N–H and O–H groups in total. The Kier molecular flexibility index (Phi) is 3.78. The van der Waals surface area contributed by atoms with Gasteiger partial charge in [-0.2, -0.15) is 0 Å². The molecule has 0 fully saturated rings. The van der Waals surface area contributed by atoms with Gasteiger partial charge in [0.05, 0.1) is 5.56 Å². The van der Waals surface area contributed by atoms with Gasteiger partial charge in [0.1, 0.15) is 5.75 Å². The van der Waals surface area contributed by atoms with Gasteiger partial charge in [0.2, 0.25) is 0 Å². The molecule has 0 heterocycles. The summed E-state index contributed by atoms with van der Waals surface area (Å²) in [5, 5.41) is 10.2. The van der Waals surface area contributed by atoms with Gasteiger partial charge >= 0.3 is 0 Å². The minimum Gasteiger partial charge on any atom is -0.507 e. The Labute approximate surface area is 107 Å². The second-order valence-corrected chi connectivity index (χ2v) is 4.23. The van der Waals surface area contributed by atoms with Crippen LogP contribution in [0.15, 0.2) is 48.6 Å². The third kappa shape index (κ3) is 2.43. The molecule has 0 aromatic heterocycles. The molecule has 2 nitrogen and oxygen atoms in total. The Morgan fingerprint density at radius 2 is 2.00 bits per heavy atom. The first kappa shape index (κ1) is 12.4. The van der Waals surface area contributed by atoms with Crippen LogP contribution in [0.25, 0.3) is 0 Å². The van der Waals surface area contributed by atoms with E-state index in [0.717, 1.165) is 17.5 Å². The Bertz CT molecular complexity index is 548. The van der Waals surface area contributed by atoms with E-state index >= 15 is 0 Å². The van der Waals surface area contributed by atoms with Crippen LogP contribution in [0.2, 0.25) is 0 Å². The van der Waals surface area contributed by atoms with Gasteiger partial charge in [-0.3, -0.25) is 4.79 Å². The van der Waals surface area contributed by atoms with Gasteiger partial charge in [-0.05, 0) is 37.5 Å². The average molecular weight is 240 g/mol. The molecule has 2 heteroatoms. The van der Waals surface area contributed by atoms with Gasteiger partial charge in [-0.15, -0.1) is 0 Å². The highest BCUT2D eigenvalue weighted by Crippen LogP contribution is 2.30. The monoisotopic (exact) mass is 240 g/mol. The smallest absolute Gasteiger partial charge is 0.189 e. The molecule has 1 aromatic rings. The minimum absolute atomic E-state index is 0.131. The van der Waals surface area contributed by atoms with E-state index in [0.29, 0.717) is 12.0 Å². The first-order valence-electron chi connectivity index (χ1n) is 6.06. The van der Waals surface area contributed by atoms with Gasteiger partial charge < -0.3 is 5.11 Å². The van der Waals surface area contributed by atoms with Crippen LogP contribution in [0.1, 0.15) is 28.4 Å². The van der Waals surface area contributed by atoms with Crippen molar-refractivity contribution in [1.29, 1.82) is 0 Å². The number of carbonyl (C=O) groups is 1. The number of benzene rings is 1. The second kappa shape index (κ2) is 5.50. The van der Waals surface area contributed by atoms with Crippen molar-refractivity contribution in [3.63, 3.8) is 0 Å². The number of fused-ring (bicyclic) bond motifs is 1. The van der Waals surface area contributed by atoms with Gasteiger partial charge in [-0.1, -0.05) is 36.4 Å². The van der Waals surface area contributed by atoms with E-state index in [9.17, 15) is 9.90 Å². The van der Waals surface area contributed by atoms with Crippen LogP contribution < -0.4 is 0 Å². The number of hydrogen-bond acceptors (Lipinski definition) is 2. The van der Waals surface area contributed by atoms with Crippen molar-refractivity contribution in [2.45, 2.75) is 19.8 Å². The molecular weight excluding hydrogens is 224 g/mol. The van der Waals surface area contributed by atoms with Gasteiger partial charge in [0, 0.05) is 5.56 Å². The third-order valence-corrected chi connectivity index (χ3v) is 3.02. The summed E-state index contributed by atoms with van der Waals surface area (Å²) in [6, 6.07) is 3.63. The van der Waals surface area contributed by atoms with Crippen molar-refractivity contribution in [2.75, 3.05) is 0 Å². The molecule has 0 saturated carbocycles.